The van der Waals surface area contributed by atoms with E-state index in [1.165, 1.54) is 9.47 Å². The molecule has 0 spiro atoms. The second-order valence-corrected chi connectivity index (χ2v) is 6.11. The van der Waals surface area contributed by atoms with E-state index in [9.17, 15) is 14.7 Å². The lowest BCUT2D eigenvalue weighted by Crippen LogP contribution is -2.47. The first kappa shape index (κ1) is 15.1. The van der Waals surface area contributed by atoms with Gasteiger partial charge in [-0.3, -0.25) is 4.79 Å². The highest BCUT2D eigenvalue weighted by atomic mass is 79.9. The quantitative estimate of drug-likeness (QED) is 0.808. The van der Waals surface area contributed by atoms with Crippen molar-refractivity contribution >= 4 is 27.6 Å². The zero-order valence-electron chi connectivity index (χ0n) is 11.5. The number of aryl methyl sites for hydroxylation is 1. The predicted octanol–water partition coefficient (Wildman–Crippen LogP) is 1.38. The fourth-order valence-electron chi connectivity index (χ4n) is 2.19. The number of carbonyl (C=O) groups is 1. The molecule has 2 N–H and O–H groups in total. The molecule has 0 radical (unpaired) electrons. The van der Waals surface area contributed by atoms with E-state index < -0.39 is 6.10 Å². The summed E-state index contributed by atoms with van der Waals surface area (Å²) in [6.45, 7) is 2.84. The molecular weight excluding hydrogens is 326 g/mol. The maximum atomic E-state index is 12.1. The second kappa shape index (κ2) is 5.97. The lowest BCUT2D eigenvalue weighted by atomic mass is 9.96. The third kappa shape index (κ3) is 3.21. The van der Waals surface area contributed by atoms with Crippen LogP contribution in [0.25, 0.3) is 0 Å². The summed E-state index contributed by atoms with van der Waals surface area (Å²) in [6.07, 6.45) is 1.87. The highest BCUT2D eigenvalue weighted by Crippen LogP contribution is 2.18. The first-order valence-corrected chi connectivity index (χ1v) is 7.28. The second-order valence-electron chi connectivity index (χ2n) is 5.20. The number of amides is 2. The van der Waals surface area contributed by atoms with Crippen molar-refractivity contribution in [1.29, 1.82) is 0 Å². The molecule has 2 heterocycles. The van der Waals surface area contributed by atoms with E-state index in [0.717, 1.165) is 6.42 Å². The first-order valence-electron chi connectivity index (χ1n) is 6.48. The number of nitrogens with one attached hydrogen (secondary N) is 1. The average Bonchev–Trinajstić information content (AvgIpc) is 2.38. The minimum atomic E-state index is -0.514. The van der Waals surface area contributed by atoms with Crippen LogP contribution in [0.4, 0.5) is 10.5 Å². The number of anilines is 1. The molecule has 110 valence electrons. The maximum absolute atomic E-state index is 12.1. The Bertz CT molecular complexity index is 572. The largest absolute Gasteiger partial charge is 0.391 e. The Morgan fingerprint density at radius 1 is 1.55 bits per heavy atom. The summed E-state index contributed by atoms with van der Waals surface area (Å²) in [7, 11) is 1.62. The molecule has 0 aliphatic carbocycles. The highest BCUT2D eigenvalue weighted by Gasteiger charge is 2.27. The topological polar surface area (TPSA) is 74.6 Å². The number of hydrogen-bond acceptors (Lipinski definition) is 3. The van der Waals surface area contributed by atoms with Crippen LogP contribution >= 0.6 is 15.9 Å². The molecule has 1 fully saturated rings. The van der Waals surface area contributed by atoms with Crippen molar-refractivity contribution in [3.63, 3.8) is 0 Å². The number of urea groups is 1. The van der Waals surface area contributed by atoms with Gasteiger partial charge in [-0.1, -0.05) is 6.92 Å². The Labute approximate surface area is 125 Å². The van der Waals surface area contributed by atoms with Gasteiger partial charge in [-0.05, 0) is 34.3 Å². The third-order valence-corrected chi connectivity index (χ3v) is 4.03. The molecule has 2 atom stereocenters. The lowest BCUT2D eigenvalue weighted by Gasteiger charge is -2.34. The zero-order chi connectivity index (χ0) is 14.9. The number of rotatable bonds is 1. The molecule has 1 aromatic rings. The SMILES string of the molecule is CC1CCN(C(=O)Nc2cc(Br)cn(C)c2=O)CC1O. The van der Waals surface area contributed by atoms with Crippen molar-refractivity contribution in [3.05, 3.63) is 27.1 Å². The van der Waals surface area contributed by atoms with Gasteiger partial charge in [0, 0.05) is 30.8 Å². The summed E-state index contributed by atoms with van der Waals surface area (Å²) in [5.41, 5.74) is -0.0486. The fourth-order valence-corrected chi connectivity index (χ4v) is 2.72. The van der Waals surface area contributed by atoms with Gasteiger partial charge >= 0.3 is 6.03 Å². The number of nitrogens with zero attached hydrogens (tertiary/aromatic N) is 2. The summed E-state index contributed by atoms with van der Waals surface area (Å²) in [5, 5.41) is 12.4. The van der Waals surface area contributed by atoms with Crippen LogP contribution in [0.2, 0.25) is 0 Å². The average molecular weight is 344 g/mol. The van der Waals surface area contributed by atoms with Crippen molar-refractivity contribution in [2.45, 2.75) is 19.4 Å². The van der Waals surface area contributed by atoms with Gasteiger partial charge in [0.15, 0.2) is 0 Å². The van der Waals surface area contributed by atoms with Crippen LogP contribution in [0, 0.1) is 5.92 Å². The summed E-state index contributed by atoms with van der Waals surface area (Å²) < 4.78 is 2.11. The molecule has 7 heteroatoms. The van der Waals surface area contributed by atoms with Crippen molar-refractivity contribution in [2.24, 2.45) is 13.0 Å². The number of aliphatic hydroxyl groups excluding tert-OH is 1. The molecule has 2 rings (SSSR count). The van der Waals surface area contributed by atoms with Gasteiger partial charge in [0.2, 0.25) is 0 Å². The van der Waals surface area contributed by atoms with E-state index in [1.54, 1.807) is 19.3 Å². The number of piperidine rings is 1. The predicted molar refractivity (Wildman–Crippen MR) is 79.8 cm³/mol. The Morgan fingerprint density at radius 3 is 2.90 bits per heavy atom. The van der Waals surface area contributed by atoms with Gasteiger partial charge in [-0.15, -0.1) is 0 Å². The van der Waals surface area contributed by atoms with Crippen molar-refractivity contribution in [3.8, 4) is 0 Å². The van der Waals surface area contributed by atoms with Gasteiger partial charge in [0.05, 0.1) is 6.10 Å². The van der Waals surface area contributed by atoms with Crippen LogP contribution in [-0.2, 0) is 7.05 Å². The van der Waals surface area contributed by atoms with Crippen LogP contribution < -0.4 is 10.9 Å². The number of likely N-dealkylation sites (tertiary alicyclic amines) is 1. The van der Waals surface area contributed by atoms with Crippen LogP contribution in [0.1, 0.15) is 13.3 Å². The number of carbonyl (C=O) groups excluding carboxylic acids is 1. The summed E-state index contributed by atoms with van der Waals surface area (Å²) >= 11 is 3.29. The molecule has 20 heavy (non-hydrogen) atoms. The Kier molecular flexibility index (Phi) is 4.49. The van der Waals surface area contributed by atoms with Gasteiger partial charge in [0.1, 0.15) is 5.69 Å². The molecular formula is C13H18BrN3O3. The van der Waals surface area contributed by atoms with Gasteiger partial charge in [0.25, 0.3) is 5.56 Å². The lowest BCUT2D eigenvalue weighted by molar-refractivity contribution is 0.0463. The molecule has 0 saturated carbocycles. The third-order valence-electron chi connectivity index (χ3n) is 3.60. The summed E-state index contributed by atoms with van der Waals surface area (Å²) in [5.74, 6) is 0.192. The van der Waals surface area contributed by atoms with E-state index in [1.807, 2.05) is 6.92 Å². The summed E-state index contributed by atoms with van der Waals surface area (Å²) in [4.78, 5) is 25.6. The zero-order valence-corrected chi connectivity index (χ0v) is 13.1. The molecule has 6 nitrogen and oxygen atoms in total. The monoisotopic (exact) mass is 343 g/mol. The van der Waals surface area contributed by atoms with E-state index in [4.69, 9.17) is 0 Å². The Hall–Kier alpha value is -1.34. The molecule has 1 aliphatic heterocycles. The van der Waals surface area contributed by atoms with Crippen LogP contribution in [0.3, 0.4) is 0 Å². The Balaban J connectivity index is 2.11. The normalized spacial score (nSPS) is 22.7. The van der Waals surface area contributed by atoms with E-state index in [2.05, 4.69) is 21.2 Å². The van der Waals surface area contributed by atoms with Crippen molar-refractivity contribution in [1.82, 2.24) is 9.47 Å². The molecule has 1 aromatic heterocycles. The smallest absolute Gasteiger partial charge is 0.322 e. The van der Waals surface area contributed by atoms with E-state index in [0.29, 0.717) is 17.6 Å². The van der Waals surface area contributed by atoms with Gasteiger partial charge < -0.3 is 19.9 Å². The number of aromatic nitrogens is 1. The number of aliphatic hydroxyl groups is 1. The van der Waals surface area contributed by atoms with Crippen LogP contribution in [0.5, 0.6) is 0 Å². The van der Waals surface area contributed by atoms with Crippen LogP contribution in [0.15, 0.2) is 21.5 Å². The standard InChI is InChI=1S/C13H18BrN3O3/c1-8-3-4-17(7-11(8)18)13(20)15-10-5-9(14)6-16(2)12(10)19/h5-6,8,11,18H,3-4,7H2,1-2H3,(H,15,20). The van der Waals surface area contributed by atoms with Crippen LogP contribution in [-0.4, -0.2) is 39.8 Å². The van der Waals surface area contributed by atoms with E-state index in [-0.39, 0.29) is 23.2 Å². The number of β-amino-alcohol motifs (C(OH)–C–C–N with tert-alkyl or cyclic N) is 1. The van der Waals surface area contributed by atoms with Gasteiger partial charge in [-0.2, -0.15) is 0 Å². The minimum absolute atomic E-state index is 0.192. The molecule has 1 aliphatic rings. The fraction of sp³-hybridized carbons (Fsp3) is 0.538. The summed E-state index contributed by atoms with van der Waals surface area (Å²) in [6, 6.07) is 1.22. The van der Waals surface area contributed by atoms with Gasteiger partial charge in [-0.25, -0.2) is 4.79 Å². The van der Waals surface area contributed by atoms with E-state index >= 15 is 0 Å². The molecule has 1 saturated heterocycles. The number of hydrogen-bond donors (Lipinski definition) is 2. The number of pyridine rings is 1. The molecule has 0 bridgehead atoms. The first-order chi connectivity index (χ1) is 9.38. The van der Waals surface area contributed by atoms with Crippen molar-refractivity contribution < 1.29 is 9.90 Å². The Morgan fingerprint density at radius 2 is 2.25 bits per heavy atom. The molecule has 2 unspecified atom stereocenters. The molecule has 2 amide bonds. The molecule has 0 aromatic carbocycles. The maximum Gasteiger partial charge on any atom is 0.322 e. The minimum Gasteiger partial charge on any atom is -0.391 e. The highest BCUT2D eigenvalue weighted by molar-refractivity contribution is 9.10. The van der Waals surface area contributed by atoms with Crippen molar-refractivity contribution in [2.75, 3.05) is 18.4 Å². The number of halogens is 1.